The van der Waals surface area contributed by atoms with Crippen molar-refractivity contribution in [3.63, 3.8) is 0 Å². The summed E-state index contributed by atoms with van der Waals surface area (Å²) in [5, 5.41) is 1.04. The highest BCUT2D eigenvalue weighted by molar-refractivity contribution is 8.14. The smallest absolute Gasteiger partial charge is 0.338 e. The number of rotatable bonds is 4. The summed E-state index contributed by atoms with van der Waals surface area (Å²) in [4.78, 5) is 16.3. The minimum atomic E-state index is -0.273. The van der Waals surface area contributed by atoms with Crippen LogP contribution in [0.1, 0.15) is 21.5 Å². The first-order chi connectivity index (χ1) is 10.3. The van der Waals surface area contributed by atoms with Crippen LogP contribution in [0.5, 0.6) is 0 Å². The number of esters is 1. The third-order valence-corrected chi connectivity index (χ3v) is 4.20. The molecule has 0 saturated carbocycles. The lowest BCUT2D eigenvalue weighted by molar-refractivity contribution is 0.0530. The molecule has 0 bridgehead atoms. The molecule has 3 nitrogen and oxygen atoms in total. The van der Waals surface area contributed by atoms with Crippen LogP contribution in [-0.4, -0.2) is 23.4 Å². The van der Waals surface area contributed by atoms with Crippen LogP contribution in [0.25, 0.3) is 0 Å². The van der Waals surface area contributed by atoms with E-state index in [-0.39, 0.29) is 5.97 Å². The molecule has 0 unspecified atom stereocenters. The molecule has 1 aliphatic heterocycles. The topological polar surface area (TPSA) is 38.7 Å². The molecular weight excluding hydrogens is 282 g/mol. The molecule has 1 aliphatic rings. The van der Waals surface area contributed by atoms with E-state index in [9.17, 15) is 4.79 Å². The van der Waals surface area contributed by atoms with Gasteiger partial charge in [0.25, 0.3) is 0 Å². The summed E-state index contributed by atoms with van der Waals surface area (Å²) in [6, 6.07) is 17.3. The zero-order chi connectivity index (χ0) is 14.5. The fraction of sp³-hybridized carbons (Fsp3) is 0.176. The summed E-state index contributed by atoms with van der Waals surface area (Å²) in [7, 11) is 0. The van der Waals surface area contributed by atoms with Gasteiger partial charge in [0.1, 0.15) is 6.61 Å². The average Bonchev–Trinajstić information content (AvgIpc) is 2.95. The second kappa shape index (κ2) is 6.59. The number of hydrogen-bond acceptors (Lipinski definition) is 4. The van der Waals surface area contributed by atoms with Gasteiger partial charge in [-0.1, -0.05) is 42.5 Å². The van der Waals surface area contributed by atoms with E-state index in [0.29, 0.717) is 17.9 Å². The maximum atomic E-state index is 11.8. The standard InChI is InChI=1S/C17H15NO2S/c19-17(13-6-2-1-3-7-13)20-10-11-21-16-15-9-5-4-8-14(15)12-18-16/h1-9H,10-12H2. The molecule has 0 radical (unpaired) electrons. The summed E-state index contributed by atoms with van der Waals surface area (Å²) in [5.74, 6) is 0.441. The lowest BCUT2D eigenvalue weighted by Gasteiger charge is -2.05. The Labute approximate surface area is 128 Å². The molecule has 0 aliphatic carbocycles. The van der Waals surface area contributed by atoms with Gasteiger partial charge in [0, 0.05) is 11.3 Å². The fourth-order valence-electron chi connectivity index (χ4n) is 2.16. The third-order valence-electron chi connectivity index (χ3n) is 3.21. The van der Waals surface area contributed by atoms with Gasteiger partial charge in [0.2, 0.25) is 0 Å². The van der Waals surface area contributed by atoms with Crippen molar-refractivity contribution < 1.29 is 9.53 Å². The highest BCUT2D eigenvalue weighted by Crippen LogP contribution is 2.24. The number of carbonyl (C=O) groups excluding carboxylic acids is 1. The maximum absolute atomic E-state index is 11.8. The molecule has 3 rings (SSSR count). The summed E-state index contributed by atoms with van der Waals surface area (Å²) in [5.41, 5.74) is 3.06. The van der Waals surface area contributed by atoms with Crippen molar-refractivity contribution in [2.45, 2.75) is 6.54 Å². The Balaban J connectivity index is 1.47. The number of benzene rings is 2. The molecule has 2 aromatic carbocycles. The summed E-state index contributed by atoms with van der Waals surface area (Å²) >= 11 is 1.64. The van der Waals surface area contributed by atoms with Crippen LogP contribution >= 0.6 is 11.8 Å². The Morgan fingerprint density at radius 1 is 1.10 bits per heavy atom. The van der Waals surface area contributed by atoms with Crippen LogP contribution in [0, 0.1) is 0 Å². The van der Waals surface area contributed by atoms with E-state index in [2.05, 4.69) is 17.1 Å². The van der Waals surface area contributed by atoms with E-state index in [0.717, 1.165) is 11.6 Å². The molecule has 4 heteroatoms. The lowest BCUT2D eigenvalue weighted by Crippen LogP contribution is -2.08. The van der Waals surface area contributed by atoms with Gasteiger partial charge < -0.3 is 4.74 Å². The lowest BCUT2D eigenvalue weighted by atomic mass is 10.1. The van der Waals surface area contributed by atoms with Gasteiger partial charge in [0.15, 0.2) is 0 Å². The van der Waals surface area contributed by atoms with Crippen molar-refractivity contribution in [1.29, 1.82) is 0 Å². The maximum Gasteiger partial charge on any atom is 0.338 e. The number of carbonyl (C=O) groups is 1. The monoisotopic (exact) mass is 297 g/mol. The van der Waals surface area contributed by atoms with Gasteiger partial charge >= 0.3 is 5.97 Å². The van der Waals surface area contributed by atoms with Crippen molar-refractivity contribution in [3.05, 3.63) is 71.3 Å². The second-order valence-corrected chi connectivity index (χ2v) is 5.71. The first-order valence-corrected chi connectivity index (χ1v) is 7.81. The number of aliphatic imine (C=N–C) groups is 1. The molecule has 1 heterocycles. The number of hydrogen-bond donors (Lipinski definition) is 0. The van der Waals surface area contributed by atoms with Crippen LogP contribution in [0.15, 0.2) is 59.6 Å². The van der Waals surface area contributed by atoms with Gasteiger partial charge in [-0.25, -0.2) is 4.79 Å². The number of ether oxygens (including phenoxy) is 1. The van der Waals surface area contributed by atoms with Crippen molar-refractivity contribution >= 4 is 22.8 Å². The normalized spacial score (nSPS) is 12.7. The first kappa shape index (κ1) is 13.9. The summed E-state index contributed by atoms with van der Waals surface area (Å²) in [6.45, 7) is 1.14. The molecule has 0 saturated heterocycles. The number of thioether (sulfide) groups is 1. The van der Waals surface area contributed by atoms with E-state index in [4.69, 9.17) is 4.74 Å². The van der Waals surface area contributed by atoms with Gasteiger partial charge in [0.05, 0.1) is 17.2 Å². The van der Waals surface area contributed by atoms with Gasteiger partial charge in [-0.15, -0.1) is 11.8 Å². The van der Waals surface area contributed by atoms with E-state index in [1.54, 1.807) is 23.9 Å². The molecule has 0 atom stereocenters. The largest absolute Gasteiger partial charge is 0.461 e. The predicted molar refractivity (Wildman–Crippen MR) is 85.9 cm³/mol. The Bertz CT molecular complexity index is 668. The molecule has 0 N–H and O–H groups in total. The van der Waals surface area contributed by atoms with Gasteiger partial charge in [-0.05, 0) is 17.7 Å². The predicted octanol–water partition coefficient (Wildman–Crippen LogP) is 3.54. The number of fused-ring (bicyclic) bond motifs is 1. The van der Waals surface area contributed by atoms with Crippen molar-refractivity contribution in [2.75, 3.05) is 12.4 Å². The minimum Gasteiger partial charge on any atom is -0.461 e. The van der Waals surface area contributed by atoms with E-state index >= 15 is 0 Å². The van der Waals surface area contributed by atoms with Crippen molar-refractivity contribution in [1.82, 2.24) is 0 Å². The molecular formula is C17H15NO2S. The molecule has 0 fully saturated rings. The second-order valence-electron chi connectivity index (χ2n) is 4.63. The zero-order valence-corrected chi connectivity index (χ0v) is 12.3. The van der Waals surface area contributed by atoms with Crippen molar-refractivity contribution in [2.24, 2.45) is 4.99 Å². The molecule has 0 aromatic heterocycles. The summed E-state index contributed by atoms with van der Waals surface area (Å²) < 4.78 is 5.26. The Kier molecular flexibility index (Phi) is 4.36. The van der Waals surface area contributed by atoms with Crippen molar-refractivity contribution in [3.8, 4) is 0 Å². The van der Waals surface area contributed by atoms with Crippen LogP contribution in [0.3, 0.4) is 0 Å². The molecule has 21 heavy (non-hydrogen) atoms. The van der Waals surface area contributed by atoms with E-state index < -0.39 is 0 Å². The minimum absolute atomic E-state index is 0.273. The van der Waals surface area contributed by atoms with E-state index in [1.165, 1.54) is 11.1 Å². The molecule has 106 valence electrons. The highest BCUT2D eigenvalue weighted by Gasteiger charge is 2.15. The molecule has 0 amide bonds. The molecule has 0 spiro atoms. The fourth-order valence-corrected chi connectivity index (χ4v) is 3.03. The quantitative estimate of drug-likeness (QED) is 0.640. The van der Waals surface area contributed by atoms with Gasteiger partial charge in [-0.3, -0.25) is 4.99 Å². The third kappa shape index (κ3) is 3.34. The zero-order valence-electron chi connectivity index (χ0n) is 11.5. The average molecular weight is 297 g/mol. The Morgan fingerprint density at radius 2 is 1.86 bits per heavy atom. The number of nitrogens with zero attached hydrogens (tertiary/aromatic N) is 1. The summed E-state index contributed by atoms with van der Waals surface area (Å²) in [6.07, 6.45) is 0. The Morgan fingerprint density at radius 3 is 2.71 bits per heavy atom. The molecule has 2 aromatic rings. The van der Waals surface area contributed by atoms with E-state index in [1.807, 2.05) is 30.3 Å². The SMILES string of the molecule is O=C(OCCSC1=NCc2ccccc21)c1ccccc1. The highest BCUT2D eigenvalue weighted by atomic mass is 32.2. The van der Waals surface area contributed by atoms with Crippen LogP contribution in [-0.2, 0) is 11.3 Å². The van der Waals surface area contributed by atoms with Crippen LogP contribution in [0.4, 0.5) is 0 Å². The Hall–Kier alpha value is -2.07. The van der Waals surface area contributed by atoms with Crippen LogP contribution < -0.4 is 0 Å². The first-order valence-electron chi connectivity index (χ1n) is 6.82. The van der Waals surface area contributed by atoms with Crippen LogP contribution in [0.2, 0.25) is 0 Å². The van der Waals surface area contributed by atoms with Gasteiger partial charge in [-0.2, -0.15) is 0 Å².